The molecule has 1 heterocycles. The van der Waals surface area contributed by atoms with Crippen molar-refractivity contribution >= 4 is 35.2 Å². The number of nitrogens with zero attached hydrogens (tertiary/aromatic N) is 2. The maximum absolute atomic E-state index is 11.3. The van der Waals surface area contributed by atoms with Crippen molar-refractivity contribution in [3.8, 4) is 11.3 Å². The average molecular weight is 612 g/mol. The second kappa shape index (κ2) is 18.6. The Kier molecular flexibility index (Phi) is 15.3. The molecule has 0 unspecified atom stereocenters. The van der Waals surface area contributed by atoms with E-state index in [0.717, 1.165) is 46.2 Å². The molecule has 0 saturated carbocycles. The molecule has 224 valence electrons. The van der Waals surface area contributed by atoms with Crippen LogP contribution in [-0.4, -0.2) is 36.3 Å². The van der Waals surface area contributed by atoms with Crippen LogP contribution in [0.5, 0.6) is 0 Å². The lowest BCUT2D eigenvalue weighted by Crippen LogP contribution is -2.02. The number of ether oxygens (including phenoxy) is 3. The molecule has 1 aliphatic carbocycles. The Balaban J connectivity index is 0.00000301. The van der Waals surface area contributed by atoms with Gasteiger partial charge in [-0.1, -0.05) is 74.0 Å². The Morgan fingerprint density at radius 1 is 1.17 bits per heavy atom. The number of aryl methyl sites for hydroxylation is 1. The maximum atomic E-state index is 11.3. The highest BCUT2D eigenvalue weighted by Gasteiger charge is 2.10. The van der Waals surface area contributed by atoms with Crippen molar-refractivity contribution < 1.29 is 19.0 Å². The van der Waals surface area contributed by atoms with Crippen molar-refractivity contribution in [3.05, 3.63) is 118 Å². The first-order chi connectivity index (χ1) is 20.3. The van der Waals surface area contributed by atoms with E-state index in [1.54, 1.807) is 25.3 Å². The molecule has 0 bridgehead atoms. The number of aromatic nitrogens is 2. The lowest BCUT2D eigenvalue weighted by Gasteiger charge is -2.08. The number of carbonyl (C=O) groups excluding carboxylic acids is 1. The molecule has 0 saturated heterocycles. The maximum Gasteiger partial charge on any atom is 0.305 e. The van der Waals surface area contributed by atoms with Gasteiger partial charge in [0.25, 0.3) is 0 Å². The zero-order valence-corrected chi connectivity index (χ0v) is 26.5. The average Bonchev–Trinajstić information content (AvgIpc) is 3.19. The van der Waals surface area contributed by atoms with Crippen LogP contribution in [0, 0.1) is 0 Å². The fourth-order valence-electron chi connectivity index (χ4n) is 3.86. The van der Waals surface area contributed by atoms with Gasteiger partial charge in [-0.05, 0) is 66.5 Å². The smallest absolute Gasteiger partial charge is 0.305 e. The Labute approximate surface area is 260 Å². The molecule has 0 fully saturated rings. The standard InChI is InChI=1S/C32H34Cl2N2O4.C2H6/c1-5-23(24-10-6-7-11-27(20-24)40-19-9-14-32(37)39-4)15-17-26(38-3)12-8-13-31-35-30(22-36(31)2)28-18-16-25(33)21-29(28)34;1-2/h5-6,8,10-11,13,15-18,20-22H,1,7,9,12,14,19H2,2-4H3;1-2H3/b13-8+,23-15+,26-17+;. The van der Waals surface area contributed by atoms with Crippen molar-refractivity contribution in [1.82, 2.24) is 9.55 Å². The van der Waals surface area contributed by atoms with Gasteiger partial charge in [-0.15, -0.1) is 0 Å². The monoisotopic (exact) mass is 610 g/mol. The zero-order chi connectivity index (χ0) is 30.9. The van der Waals surface area contributed by atoms with Gasteiger partial charge in [0.2, 0.25) is 0 Å². The highest BCUT2D eigenvalue weighted by Crippen LogP contribution is 2.30. The number of esters is 1. The number of benzene rings is 1. The third kappa shape index (κ3) is 10.9. The molecule has 6 nitrogen and oxygen atoms in total. The van der Waals surface area contributed by atoms with E-state index in [9.17, 15) is 4.79 Å². The Hall–Kier alpha value is -3.74. The van der Waals surface area contributed by atoms with Crippen LogP contribution in [0.15, 0.2) is 102 Å². The topological polar surface area (TPSA) is 62.6 Å². The van der Waals surface area contributed by atoms with Crippen molar-refractivity contribution in [2.75, 3.05) is 20.8 Å². The molecule has 1 aromatic heterocycles. The van der Waals surface area contributed by atoms with Crippen LogP contribution in [0.1, 0.15) is 45.4 Å². The summed E-state index contributed by atoms with van der Waals surface area (Å²) in [6.45, 7) is 8.42. The normalized spacial score (nSPS) is 13.5. The van der Waals surface area contributed by atoms with E-state index in [0.29, 0.717) is 35.9 Å². The number of hydrogen-bond donors (Lipinski definition) is 0. The Bertz CT molecular complexity index is 1390. The van der Waals surface area contributed by atoms with Crippen molar-refractivity contribution in [3.63, 3.8) is 0 Å². The molecule has 3 rings (SSSR count). The lowest BCUT2D eigenvalue weighted by molar-refractivity contribution is -0.140. The van der Waals surface area contributed by atoms with Gasteiger partial charge in [0.1, 0.15) is 11.6 Å². The molecule has 1 aromatic carbocycles. The molecule has 0 amide bonds. The van der Waals surface area contributed by atoms with Gasteiger partial charge in [-0.3, -0.25) is 4.79 Å². The van der Waals surface area contributed by atoms with E-state index >= 15 is 0 Å². The van der Waals surface area contributed by atoms with Crippen LogP contribution in [0.25, 0.3) is 17.3 Å². The molecule has 42 heavy (non-hydrogen) atoms. The van der Waals surface area contributed by atoms with Gasteiger partial charge in [-0.2, -0.15) is 0 Å². The second-order valence-electron chi connectivity index (χ2n) is 8.86. The van der Waals surface area contributed by atoms with Crippen LogP contribution < -0.4 is 0 Å². The number of imidazole rings is 1. The number of halogens is 2. The quantitative estimate of drug-likeness (QED) is 0.0978. The van der Waals surface area contributed by atoms with Crippen LogP contribution in [0.4, 0.5) is 0 Å². The minimum atomic E-state index is -0.240. The van der Waals surface area contributed by atoms with E-state index in [1.807, 2.05) is 80.3 Å². The van der Waals surface area contributed by atoms with Crippen LogP contribution >= 0.6 is 23.2 Å². The number of carbonyl (C=O) groups is 1. The predicted octanol–water partition coefficient (Wildman–Crippen LogP) is 9.21. The summed E-state index contributed by atoms with van der Waals surface area (Å²) in [5.41, 5.74) is 3.49. The molecule has 0 atom stereocenters. The number of hydrogen-bond acceptors (Lipinski definition) is 5. The van der Waals surface area contributed by atoms with Gasteiger partial charge in [0.15, 0.2) is 0 Å². The van der Waals surface area contributed by atoms with E-state index < -0.39 is 0 Å². The largest absolute Gasteiger partial charge is 0.501 e. The summed E-state index contributed by atoms with van der Waals surface area (Å²) in [5, 5.41) is 1.14. The minimum absolute atomic E-state index is 0.240. The lowest BCUT2D eigenvalue weighted by atomic mass is 10.0. The van der Waals surface area contributed by atoms with Crippen molar-refractivity contribution in [1.29, 1.82) is 0 Å². The number of rotatable bonds is 13. The summed E-state index contributed by atoms with van der Waals surface area (Å²) in [6, 6.07) is 5.37. The summed E-state index contributed by atoms with van der Waals surface area (Å²) < 4.78 is 18.1. The number of methoxy groups -OCH3 is 2. The van der Waals surface area contributed by atoms with Crippen LogP contribution in [0.3, 0.4) is 0 Å². The second-order valence-corrected chi connectivity index (χ2v) is 9.71. The first kappa shape index (κ1) is 34.5. The fraction of sp³-hybridized carbons (Fsp3) is 0.294. The molecule has 0 aliphatic heterocycles. The molecular formula is C34H40Cl2N2O4. The number of allylic oxidation sites excluding steroid dienone is 10. The third-order valence-corrected chi connectivity index (χ3v) is 6.59. The Morgan fingerprint density at radius 3 is 2.64 bits per heavy atom. The van der Waals surface area contributed by atoms with Gasteiger partial charge in [0.05, 0.1) is 37.3 Å². The molecule has 0 N–H and O–H groups in total. The first-order valence-corrected chi connectivity index (χ1v) is 14.6. The van der Waals surface area contributed by atoms with Gasteiger partial charge in [-0.25, -0.2) is 4.98 Å². The molecule has 2 aromatic rings. The van der Waals surface area contributed by atoms with Crippen LogP contribution in [0.2, 0.25) is 10.0 Å². The minimum Gasteiger partial charge on any atom is -0.501 e. The van der Waals surface area contributed by atoms with E-state index in [4.69, 9.17) is 37.7 Å². The first-order valence-electron chi connectivity index (χ1n) is 13.9. The van der Waals surface area contributed by atoms with Crippen molar-refractivity contribution in [2.45, 2.75) is 39.5 Å². The summed E-state index contributed by atoms with van der Waals surface area (Å²) in [7, 11) is 4.97. The molecule has 0 spiro atoms. The van der Waals surface area contributed by atoms with Crippen LogP contribution in [-0.2, 0) is 26.1 Å². The molecule has 1 aliphatic rings. The zero-order valence-electron chi connectivity index (χ0n) is 25.0. The summed E-state index contributed by atoms with van der Waals surface area (Å²) >= 11 is 12.4. The summed E-state index contributed by atoms with van der Waals surface area (Å²) in [5.74, 6) is 2.08. The van der Waals surface area contributed by atoms with E-state index in [2.05, 4.69) is 17.4 Å². The third-order valence-electron chi connectivity index (χ3n) is 6.04. The summed E-state index contributed by atoms with van der Waals surface area (Å²) in [4.78, 5) is 16.0. The van der Waals surface area contributed by atoms with E-state index in [-0.39, 0.29) is 5.97 Å². The summed E-state index contributed by atoms with van der Waals surface area (Å²) in [6.07, 6.45) is 21.9. The highest BCUT2D eigenvalue weighted by atomic mass is 35.5. The molecule has 8 heteroatoms. The molecular weight excluding hydrogens is 571 g/mol. The van der Waals surface area contributed by atoms with Gasteiger partial charge >= 0.3 is 5.97 Å². The van der Waals surface area contributed by atoms with Gasteiger partial charge < -0.3 is 18.8 Å². The SMILES string of the molecule is C=C/C(=C\C=C(/C/C=C/c1nc(-c2ccc(Cl)cc2Cl)cn1C)OC)C1=CC(OCCCC(=O)OC)=CCC=C1.CC. The molecule has 0 radical (unpaired) electrons. The van der Waals surface area contributed by atoms with Gasteiger partial charge in [0, 0.05) is 36.7 Å². The van der Waals surface area contributed by atoms with Crippen molar-refractivity contribution in [2.24, 2.45) is 7.05 Å². The Morgan fingerprint density at radius 2 is 1.95 bits per heavy atom. The highest BCUT2D eigenvalue weighted by molar-refractivity contribution is 6.36. The van der Waals surface area contributed by atoms with E-state index in [1.165, 1.54) is 7.11 Å². The fourth-order valence-corrected chi connectivity index (χ4v) is 4.36. The predicted molar refractivity (Wildman–Crippen MR) is 174 cm³/mol.